The molecule has 1 aromatic heterocycles. The summed E-state index contributed by atoms with van der Waals surface area (Å²) in [4.78, 5) is 8.58. The first kappa shape index (κ1) is 19.9. The van der Waals surface area contributed by atoms with Gasteiger partial charge in [0.1, 0.15) is 5.82 Å². The molecule has 0 bridgehead atoms. The highest BCUT2D eigenvalue weighted by atomic mass is 19.1. The van der Waals surface area contributed by atoms with Crippen molar-refractivity contribution in [1.82, 2.24) is 20.8 Å². The molecule has 0 saturated heterocycles. The molecular formula is C19H28FN5O. The lowest BCUT2D eigenvalue weighted by Crippen LogP contribution is -2.38. The fraction of sp³-hybridized carbons (Fsp3) is 0.526. The summed E-state index contributed by atoms with van der Waals surface area (Å²) in [6.45, 7) is 7.49. The molecule has 7 heteroatoms. The molecule has 1 aromatic carbocycles. The summed E-state index contributed by atoms with van der Waals surface area (Å²) >= 11 is 0. The Morgan fingerprint density at radius 1 is 1.23 bits per heavy atom. The second kappa shape index (κ2) is 9.89. The molecule has 6 nitrogen and oxygen atoms in total. The van der Waals surface area contributed by atoms with Crippen LogP contribution in [0.2, 0.25) is 0 Å². The third-order valence-corrected chi connectivity index (χ3v) is 4.08. The monoisotopic (exact) mass is 361 g/mol. The number of halogens is 1. The Hall–Kier alpha value is -2.44. The van der Waals surface area contributed by atoms with E-state index in [1.807, 2.05) is 26.8 Å². The van der Waals surface area contributed by atoms with Crippen molar-refractivity contribution in [3.05, 3.63) is 46.9 Å². The van der Waals surface area contributed by atoms with Gasteiger partial charge in [-0.2, -0.15) is 4.98 Å². The summed E-state index contributed by atoms with van der Waals surface area (Å²) in [5.41, 5.74) is 2.10. The highest BCUT2D eigenvalue weighted by Gasteiger charge is 2.09. The number of aromatic nitrogens is 2. The second-order valence-corrected chi connectivity index (χ2v) is 6.55. The summed E-state index contributed by atoms with van der Waals surface area (Å²) in [7, 11) is 1.74. The van der Waals surface area contributed by atoms with Crippen LogP contribution in [0.15, 0.2) is 27.7 Å². The Kier molecular flexibility index (Phi) is 7.56. The van der Waals surface area contributed by atoms with Crippen molar-refractivity contribution >= 4 is 5.96 Å². The Labute approximate surface area is 154 Å². The number of hydrogen-bond acceptors (Lipinski definition) is 4. The van der Waals surface area contributed by atoms with E-state index in [0.29, 0.717) is 5.89 Å². The van der Waals surface area contributed by atoms with E-state index in [1.165, 1.54) is 6.07 Å². The SMILES string of the molecule is CN=C(NCCCc1nc(C(C)C)no1)NCCc1ccc(F)cc1C. The molecule has 0 aliphatic rings. The number of rotatable bonds is 8. The van der Waals surface area contributed by atoms with E-state index in [4.69, 9.17) is 4.52 Å². The van der Waals surface area contributed by atoms with Gasteiger partial charge in [0.25, 0.3) is 0 Å². The Bertz CT molecular complexity index is 726. The predicted octanol–water partition coefficient (Wildman–Crippen LogP) is 2.98. The van der Waals surface area contributed by atoms with Crippen LogP contribution in [-0.4, -0.2) is 36.2 Å². The zero-order valence-corrected chi connectivity index (χ0v) is 16.0. The van der Waals surface area contributed by atoms with E-state index >= 15 is 0 Å². The summed E-state index contributed by atoms with van der Waals surface area (Å²) in [6, 6.07) is 4.89. The summed E-state index contributed by atoms with van der Waals surface area (Å²) in [5, 5.41) is 10.5. The van der Waals surface area contributed by atoms with Crippen molar-refractivity contribution in [2.24, 2.45) is 4.99 Å². The molecular weight excluding hydrogens is 333 g/mol. The highest BCUT2D eigenvalue weighted by Crippen LogP contribution is 2.11. The average Bonchev–Trinajstić information content (AvgIpc) is 3.08. The minimum Gasteiger partial charge on any atom is -0.356 e. The van der Waals surface area contributed by atoms with E-state index in [9.17, 15) is 4.39 Å². The minimum atomic E-state index is -0.196. The second-order valence-electron chi connectivity index (χ2n) is 6.55. The van der Waals surface area contributed by atoms with Gasteiger partial charge in [-0.3, -0.25) is 4.99 Å². The molecule has 0 aliphatic heterocycles. The van der Waals surface area contributed by atoms with Gasteiger partial charge in [-0.15, -0.1) is 0 Å². The normalized spacial score (nSPS) is 11.8. The minimum absolute atomic E-state index is 0.196. The summed E-state index contributed by atoms with van der Waals surface area (Å²) < 4.78 is 18.4. The third kappa shape index (κ3) is 6.13. The Balaban J connectivity index is 1.67. The van der Waals surface area contributed by atoms with Crippen molar-refractivity contribution in [3.63, 3.8) is 0 Å². The molecule has 26 heavy (non-hydrogen) atoms. The predicted molar refractivity (Wildman–Crippen MR) is 101 cm³/mol. The van der Waals surface area contributed by atoms with Crippen molar-refractivity contribution in [3.8, 4) is 0 Å². The molecule has 0 spiro atoms. The number of guanidine groups is 1. The molecule has 2 aromatic rings. The number of nitrogens with zero attached hydrogens (tertiary/aromatic N) is 3. The topological polar surface area (TPSA) is 75.3 Å². The molecule has 0 unspecified atom stereocenters. The van der Waals surface area contributed by atoms with Crippen LogP contribution >= 0.6 is 0 Å². The molecule has 2 rings (SSSR count). The fourth-order valence-electron chi connectivity index (χ4n) is 2.53. The first-order valence-electron chi connectivity index (χ1n) is 9.01. The molecule has 0 amide bonds. The van der Waals surface area contributed by atoms with Gasteiger partial charge in [0.2, 0.25) is 5.89 Å². The molecule has 142 valence electrons. The van der Waals surface area contributed by atoms with Crippen molar-refractivity contribution in [2.75, 3.05) is 20.1 Å². The highest BCUT2D eigenvalue weighted by molar-refractivity contribution is 5.79. The van der Waals surface area contributed by atoms with E-state index < -0.39 is 0 Å². The average molecular weight is 361 g/mol. The largest absolute Gasteiger partial charge is 0.356 e. The van der Waals surface area contributed by atoms with Crippen molar-refractivity contribution in [1.29, 1.82) is 0 Å². The summed E-state index contributed by atoms with van der Waals surface area (Å²) in [5.74, 6) is 2.25. The molecule has 0 atom stereocenters. The maximum absolute atomic E-state index is 13.1. The molecule has 2 N–H and O–H groups in total. The lowest BCUT2D eigenvalue weighted by Gasteiger charge is -2.12. The number of hydrogen-bond donors (Lipinski definition) is 2. The lowest BCUT2D eigenvalue weighted by molar-refractivity contribution is 0.368. The zero-order chi connectivity index (χ0) is 18.9. The smallest absolute Gasteiger partial charge is 0.226 e. The van der Waals surface area contributed by atoms with Gasteiger partial charge in [-0.1, -0.05) is 25.1 Å². The van der Waals surface area contributed by atoms with Crippen LogP contribution in [0.25, 0.3) is 0 Å². The van der Waals surface area contributed by atoms with E-state index in [1.54, 1.807) is 13.1 Å². The van der Waals surface area contributed by atoms with Gasteiger partial charge in [-0.25, -0.2) is 4.39 Å². The number of aryl methyl sites for hydroxylation is 2. The molecule has 0 fully saturated rings. The molecule has 0 saturated carbocycles. The maximum atomic E-state index is 13.1. The Morgan fingerprint density at radius 3 is 2.65 bits per heavy atom. The fourth-order valence-corrected chi connectivity index (χ4v) is 2.53. The van der Waals surface area contributed by atoms with Gasteiger partial charge in [0.05, 0.1) is 0 Å². The third-order valence-electron chi connectivity index (χ3n) is 4.08. The Morgan fingerprint density at radius 2 is 2.00 bits per heavy atom. The van der Waals surface area contributed by atoms with Crippen LogP contribution in [0.5, 0.6) is 0 Å². The van der Waals surface area contributed by atoms with Gasteiger partial charge in [0, 0.05) is 32.5 Å². The quantitative estimate of drug-likeness (QED) is 0.429. The van der Waals surface area contributed by atoms with Crippen LogP contribution in [0.3, 0.4) is 0 Å². The molecule has 0 aliphatic carbocycles. The van der Waals surface area contributed by atoms with E-state index in [-0.39, 0.29) is 11.7 Å². The van der Waals surface area contributed by atoms with Crippen LogP contribution in [0, 0.1) is 12.7 Å². The number of aliphatic imine (C=N–C) groups is 1. The number of nitrogens with one attached hydrogen (secondary N) is 2. The van der Waals surface area contributed by atoms with Gasteiger partial charge >= 0.3 is 0 Å². The lowest BCUT2D eigenvalue weighted by atomic mass is 10.1. The zero-order valence-electron chi connectivity index (χ0n) is 16.0. The van der Waals surface area contributed by atoms with Gasteiger partial charge in [0.15, 0.2) is 11.8 Å². The first-order chi connectivity index (χ1) is 12.5. The molecule has 1 heterocycles. The van der Waals surface area contributed by atoms with E-state index in [0.717, 1.165) is 55.3 Å². The van der Waals surface area contributed by atoms with Crippen LogP contribution < -0.4 is 10.6 Å². The van der Waals surface area contributed by atoms with Crippen LogP contribution in [0.1, 0.15) is 49.0 Å². The van der Waals surface area contributed by atoms with E-state index in [2.05, 4.69) is 25.8 Å². The maximum Gasteiger partial charge on any atom is 0.226 e. The summed E-state index contributed by atoms with van der Waals surface area (Å²) in [6.07, 6.45) is 2.42. The van der Waals surface area contributed by atoms with Crippen molar-refractivity contribution in [2.45, 2.75) is 46.0 Å². The first-order valence-corrected chi connectivity index (χ1v) is 9.01. The van der Waals surface area contributed by atoms with Crippen molar-refractivity contribution < 1.29 is 8.91 Å². The van der Waals surface area contributed by atoms with Crippen LogP contribution in [-0.2, 0) is 12.8 Å². The standard InChI is InChI=1S/C19H28FN5O/c1-13(2)18-24-17(26-25-18)6-5-10-22-19(21-4)23-11-9-15-7-8-16(20)12-14(15)3/h7-8,12-13H,5-6,9-11H2,1-4H3,(H2,21,22,23). The number of benzene rings is 1. The van der Waals surface area contributed by atoms with Gasteiger partial charge in [-0.05, 0) is 43.0 Å². The van der Waals surface area contributed by atoms with Gasteiger partial charge < -0.3 is 15.2 Å². The van der Waals surface area contributed by atoms with Crippen LogP contribution in [0.4, 0.5) is 4.39 Å². The molecule has 0 radical (unpaired) electrons.